The van der Waals surface area contributed by atoms with Gasteiger partial charge in [0, 0.05) is 12.5 Å². The van der Waals surface area contributed by atoms with Crippen molar-refractivity contribution < 1.29 is 4.79 Å². The molecule has 3 nitrogen and oxygen atoms in total. The highest BCUT2D eigenvalue weighted by Gasteiger charge is 2.14. The van der Waals surface area contributed by atoms with Crippen molar-refractivity contribution in [3.63, 3.8) is 0 Å². The minimum atomic E-state index is 0.113. The Bertz CT molecular complexity index is 162. The second kappa shape index (κ2) is 5.22. The second-order valence-corrected chi connectivity index (χ2v) is 4.09. The van der Waals surface area contributed by atoms with Gasteiger partial charge in [-0.1, -0.05) is 13.8 Å². The maximum atomic E-state index is 11.3. The first-order valence-electron chi connectivity index (χ1n) is 5.18. The summed E-state index contributed by atoms with van der Waals surface area (Å²) in [5, 5.41) is 6.30. The normalized spacial score (nSPS) is 19.0. The van der Waals surface area contributed by atoms with Crippen molar-refractivity contribution in [3.05, 3.63) is 0 Å². The van der Waals surface area contributed by atoms with E-state index in [2.05, 4.69) is 10.6 Å². The van der Waals surface area contributed by atoms with E-state index in [1.807, 2.05) is 13.8 Å². The maximum Gasteiger partial charge on any atom is 0.222 e. The van der Waals surface area contributed by atoms with Crippen LogP contribution in [-0.2, 0) is 4.79 Å². The van der Waals surface area contributed by atoms with Crippen LogP contribution in [0.2, 0.25) is 0 Å². The predicted octanol–water partition coefficient (Wildman–Crippen LogP) is 0.758. The topological polar surface area (TPSA) is 41.1 Å². The Kier molecular flexibility index (Phi) is 4.22. The lowest BCUT2D eigenvalue weighted by molar-refractivity contribution is -0.124. The van der Waals surface area contributed by atoms with Crippen LogP contribution in [0.3, 0.4) is 0 Å². The Morgan fingerprint density at radius 3 is 2.62 bits per heavy atom. The monoisotopic (exact) mass is 184 g/mol. The van der Waals surface area contributed by atoms with Gasteiger partial charge in [0.05, 0.1) is 0 Å². The van der Waals surface area contributed by atoms with Crippen molar-refractivity contribution in [1.29, 1.82) is 0 Å². The van der Waals surface area contributed by atoms with Crippen molar-refractivity contribution in [2.75, 3.05) is 19.6 Å². The van der Waals surface area contributed by atoms with Gasteiger partial charge in [-0.25, -0.2) is 0 Å². The van der Waals surface area contributed by atoms with Gasteiger partial charge >= 0.3 is 0 Å². The van der Waals surface area contributed by atoms with E-state index in [9.17, 15) is 4.79 Å². The zero-order valence-electron chi connectivity index (χ0n) is 8.60. The molecule has 1 rings (SSSR count). The molecule has 1 aliphatic heterocycles. The van der Waals surface area contributed by atoms with Gasteiger partial charge in [0.25, 0.3) is 0 Å². The average molecular weight is 184 g/mol. The van der Waals surface area contributed by atoms with Crippen LogP contribution in [0.15, 0.2) is 0 Å². The van der Waals surface area contributed by atoms with E-state index in [4.69, 9.17) is 0 Å². The van der Waals surface area contributed by atoms with Crippen LogP contribution < -0.4 is 10.6 Å². The number of hydrogen-bond donors (Lipinski definition) is 2. The number of hydrogen-bond acceptors (Lipinski definition) is 2. The molecule has 0 aliphatic carbocycles. The molecule has 0 bridgehead atoms. The summed E-state index contributed by atoms with van der Waals surface area (Å²) in [6.45, 7) is 6.92. The summed E-state index contributed by atoms with van der Waals surface area (Å²) >= 11 is 0. The summed E-state index contributed by atoms with van der Waals surface area (Å²) in [6, 6.07) is 0. The summed E-state index contributed by atoms with van der Waals surface area (Å²) in [5.41, 5.74) is 0. The molecule has 0 aromatic carbocycles. The van der Waals surface area contributed by atoms with Gasteiger partial charge in [-0.3, -0.25) is 4.79 Å². The molecule has 0 spiro atoms. The van der Waals surface area contributed by atoms with Gasteiger partial charge in [-0.15, -0.1) is 0 Å². The van der Waals surface area contributed by atoms with Crippen LogP contribution in [0.1, 0.15) is 26.7 Å². The van der Waals surface area contributed by atoms with Crippen molar-refractivity contribution in [1.82, 2.24) is 10.6 Å². The Balaban J connectivity index is 2.13. The fourth-order valence-electron chi connectivity index (χ4n) is 1.53. The average Bonchev–Trinajstić information content (AvgIpc) is 2.15. The van der Waals surface area contributed by atoms with Gasteiger partial charge in [0.2, 0.25) is 5.91 Å². The molecular formula is C10H20N2O. The van der Waals surface area contributed by atoms with Crippen LogP contribution in [0.5, 0.6) is 0 Å². The molecule has 1 fully saturated rings. The van der Waals surface area contributed by atoms with Gasteiger partial charge < -0.3 is 10.6 Å². The molecule has 0 atom stereocenters. The fraction of sp³-hybridized carbons (Fsp3) is 0.900. The van der Waals surface area contributed by atoms with Gasteiger partial charge in [0.15, 0.2) is 0 Å². The third-order valence-corrected chi connectivity index (χ3v) is 2.55. The molecule has 0 aromatic heterocycles. The van der Waals surface area contributed by atoms with Crippen LogP contribution in [-0.4, -0.2) is 25.5 Å². The van der Waals surface area contributed by atoms with E-state index in [-0.39, 0.29) is 11.8 Å². The molecule has 2 N–H and O–H groups in total. The zero-order chi connectivity index (χ0) is 9.68. The summed E-state index contributed by atoms with van der Waals surface area (Å²) < 4.78 is 0. The molecule has 76 valence electrons. The minimum absolute atomic E-state index is 0.113. The lowest BCUT2D eigenvalue weighted by Gasteiger charge is -2.23. The first-order chi connectivity index (χ1) is 6.20. The fourth-order valence-corrected chi connectivity index (χ4v) is 1.53. The van der Waals surface area contributed by atoms with Crippen LogP contribution in [0, 0.1) is 11.8 Å². The largest absolute Gasteiger partial charge is 0.356 e. The molecule has 13 heavy (non-hydrogen) atoms. The summed E-state index contributed by atoms with van der Waals surface area (Å²) in [6.07, 6.45) is 2.39. The highest BCUT2D eigenvalue weighted by Crippen LogP contribution is 2.09. The minimum Gasteiger partial charge on any atom is -0.356 e. The Morgan fingerprint density at radius 2 is 2.08 bits per heavy atom. The molecule has 1 saturated heterocycles. The third-order valence-electron chi connectivity index (χ3n) is 2.55. The molecule has 0 radical (unpaired) electrons. The van der Waals surface area contributed by atoms with Gasteiger partial charge in [0.1, 0.15) is 0 Å². The third kappa shape index (κ3) is 3.77. The van der Waals surface area contributed by atoms with Crippen LogP contribution in [0.4, 0.5) is 0 Å². The lowest BCUT2D eigenvalue weighted by atomic mass is 9.98. The maximum absolute atomic E-state index is 11.3. The van der Waals surface area contributed by atoms with Crippen molar-refractivity contribution in [2.45, 2.75) is 26.7 Å². The molecule has 1 heterocycles. The standard InChI is InChI=1S/C10H20N2O/c1-8(2)10(13)12-7-9-3-5-11-6-4-9/h8-9,11H,3-7H2,1-2H3,(H,12,13). The van der Waals surface area contributed by atoms with Crippen molar-refractivity contribution in [3.8, 4) is 0 Å². The highest BCUT2D eigenvalue weighted by molar-refractivity contribution is 5.77. The second-order valence-electron chi connectivity index (χ2n) is 4.09. The Labute approximate surface area is 80.3 Å². The van der Waals surface area contributed by atoms with Crippen LogP contribution in [0.25, 0.3) is 0 Å². The lowest BCUT2D eigenvalue weighted by Crippen LogP contribution is -2.37. The SMILES string of the molecule is CC(C)C(=O)NCC1CCNCC1. The first-order valence-corrected chi connectivity index (χ1v) is 5.18. The Morgan fingerprint density at radius 1 is 1.46 bits per heavy atom. The molecule has 0 saturated carbocycles. The van der Waals surface area contributed by atoms with Crippen LogP contribution >= 0.6 is 0 Å². The zero-order valence-corrected chi connectivity index (χ0v) is 8.60. The molecule has 0 unspecified atom stereocenters. The number of piperidine rings is 1. The molecule has 0 aromatic rings. The molecular weight excluding hydrogens is 164 g/mol. The van der Waals surface area contributed by atoms with Crippen molar-refractivity contribution >= 4 is 5.91 Å². The van der Waals surface area contributed by atoms with E-state index in [0.717, 1.165) is 19.6 Å². The quantitative estimate of drug-likeness (QED) is 0.680. The van der Waals surface area contributed by atoms with E-state index >= 15 is 0 Å². The van der Waals surface area contributed by atoms with E-state index < -0.39 is 0 Å². The number of amides is 1. The number of nitrogens with one attached hydrogen (secondary N) is 2. The van der Waals surface area contributed by atoms with Crippen molar-refractivity contribution in [2.24, 2.45) is 11.8 Å². The van der Waals surface area contributed by atoms with E-state index in [1.54, 1.807) is 0 Å². The number of rotatable bonds is 3. The summed E-state index contributed by atoms with van der Waals surface area (Å²) in [7, 11) is 0. The smallest absolute Gasteiger partial charge is 0.222 e. The highest BCUT2D eigenvalue weighted by atomic mass is 16.1. The number of carbonyl (C=O) groups is 1. The predicted molar refractivity (Wildman–Crippen MR) is 53.4 cm³/mol. The van der Waals surface area contributed by atoms with Gasteiger partial charge in [-0.05, 0) is 31.8 Å². The van der Waals surface area contributed by atoms with E-state index in [1.165, 1.54) is 12.8 Å². The summed E-state index contributed by atoms with van der Waals surface area (Å²) in [5.74, 6) is 0.976. The Hall–Kier alpha value is -0.570. The first kappa shape index (κ1) is 10.5. The molecule has 3 heteroatoms. The number of carbonyl (C=O) groups excluding carboxylic acids is 1. The summed E-state index contributed by atoms with van der Waals surface area (Å²) in [4.78, 5) is 11.3. The van der Waals surface area contributed by atoms with Gasteiger partial charge in [-0.2, -0.15) is 0 Å². The molecule has 1 aliphatic rings. The van der Waals surface area contributed by atoms with E-state index in [0.29, 0.717) is 5.92 Å². The molecule has 1 amide bonds.